The van der Waals surface area contributed by atoms with Gasteiger partial charge in [0.15, 0.2) is 0 Å². The van der Waals surface area contributed by atoms with Crippen LogP contribution in [0, 0.1) is 11.6 Å². The number of amides is 2. The number of hydrogen-bond acceptors (Lipinski definition) is 4. The van der Waals surface area contributed by atoms with Gasteiger partial charge in [0.1, 0.15) is 24.2 Å². The summed E-state index contributed by atoms with van der Waals surface area (Å²) in [6, 6.07) is 7.96. The van der Waals surface area contributed by atoms with Gasteiger partial charge in [-0.2, -0.15) is 0 Å². The van der Waals surface area contributed by atoms with E-state index in [0.29, 0.717) is 0 Å². The Labute approximate surface area is 203 Å². The average Bonchev–Trinajstić information content (AvgIpc) is 2.70. The molecule has 186 valence electrons. The van der Waals surface area contributed by atoms with Crippen LogP contribution in [0.4, 0.5) is 14.5 Å². The van der Waals surface area contributed by atoms with E-state index in [4.69, 9.17) is 11.6 Å². The van der Waals surface area contributed by atoms with E-state index >= 15 is 0 Å². The lowest BCUT2D eigenvalue weighted by Crippen LogP contribution is -2.54. The van der Waals surface area contributed by atoms with Crippen LogP contribution < -0.4 is 9.62 Å². The van der Waals surface area contributed by atoms with Crippen LogP contribution in [0.1, 0.15) is 33.3 Å². The van der Waals surface area contributed by atoms with Crippen molar-refractivity contribution in [1.82, 2.24) is 10.2 Å². The van der Waals surface area contributed by atoms with E-state index in [-0.39, 0.29) is 22.8 Å². The number of benzene rings is 2. The molecule has 0 fully saturated rings. The van der Waals surface area contributed by atoms with Crippen LogP contribution in [0.5, 0.6) is 0 Å². The lowest BCUT2D eigenvalue weighted by molar-refractivity contribution is -0.140. The highest BCUT2D eigenvalue weighted by molar-refractivity contribution is 7.92. The number of anilines is 1. The van der Waals surface area contributed by atoms with Crippen LogP contribution in [0.2, 0.25) is 5.02 Å². The summed E-state index contributed by atoms with van der Waals surface area (Å²) in [5.74, 6) is -2.58. The van der Waals surface area contributed by atoms with Crippen molar-refractivity contribution in [3.8, 4) is 0 Å². The number of nitrogens with zero attached hydrogens (tertiary/aromatic N) is 2. The minimum Gasteiger partial charge on any atom is -0.350 e. The zero-order valence-corrected chi connectivity index (χ0v) is 21.2. The monoisotopic (exact) mass is 515 g/mol. The average molecular weight is 516 g/mol. The number of nitrogens with one attached hydrogen (secondary N) is 1. The maximum Gasteiger partial charge on any atom is 0.244 e. The normalized spacial score (nSPS) is 12.7. The van der Waals surface area contributed by atoms with Gasteiger partial charge in [0.25, 0.3) is 0 Å². The maximum absolute atomic E-state index is 14.4. The fourth-order valence-corrected chi connectivity index (χ4v) is 4.14. The highest BCUT2D eigenvalue weighted by Crippen LogP contribution is 2.25. The Morgan fingerprint density at radius 2 is 1.71 bits per heavy atom. The van der Waals surface area contributed by atoms with E-state index in [0.717, 1.165) is 27.6 Å². The summed E-state index contributed by atoms with van der Waals surface area (Å²) in [5, 5.41) is 2.45. The quantitative estimate of drug-likeness (QED) is 0.580. The Hall–Kier alpha value is -2.72. The van der Waals surface area contributed by atoms with Crippen LogP contribution in [0.25, 0.3) is 0 Å². The van der Waals surface area contributed by atoms with Gasteiger partial charge in [-0.3, -0.25) is 13.9 Å². The Bertz CT molecular complexity index is 1170. The molecule has 1 atom stereocenters. The molecule has 2 aromatic carbocycles. The number of hydrogen-bond donors (Lipinski definition) is 1. The first-order valence-corrected chi connectivity index (χ1v) is 12.6. The number of carbonyl (C=O) groups is 2. The fourth-order valence-electron chi connectivity index (χ4n) is 3.12. The van der Waals surface area contributed by atoms with Gasteiger partial charge in [-0.15, -0.1) is 0 Å². The number of halogens is 3. The van der Waals surface area contributed by atoms with Crippen molar-refractivity contribution in [1.29, 1.82) is 0 Å². The van der Waals surface area contributed by atoms with Crippen LogP contribution in [0.3, 0.4) is 0 Å². The molecule has 0 heterocycles. The third kappa shape index (κ3) is 7.39. The standard InChI is InChI=1S/C23H28ClF2N3O4S/c1-15(22(31)27-23(2,3)4)28(13-16-8-6-7-9-19(16)25)21(30)14-29(34(5,32)33)17-10-11-20(26)18(24)12-17/h6-12,15H,13-14H2,1-5H3,(H,27,31)/t15-/m0/s1. The summed E-state index contributed by atoms with van der Waals surface area (Å²) in [6.07, 6.45) is 0.883. The van der Waals surface area contributed by atoms with E-state index < -0.39 is 51.6 Å². The van der Waals surface area contributed by atoms with Crippen molar-refractivity contribution >= 4 is 39.1 Å². The van der Waals surface area contributed by atoms with Gasteiger partial charge < -0.3 is 10.2 Å². The summed E-state index contributed by atoms with van der Waals surface area (Å²) in [7, 11) is -4.00. The first-order valence-electron chi connectivity index (χ1n) is 10.4. The summed E-state index contributed by atoms with van der Waals surface area (Å²) in [6.45, 7) is 5.80. The molecule has 11 heteroatoms. The first kappa shape index (κ1) is 27.5. The van der Waals surface area contributed by atoms with Crippen LogP contribution in [0.15, 0.2) is 42.5 Å². The molecule has 1 N–H and O–H groups in total. The van der Waals surface area contributed by atoms with E-state index in [9.17, 15) is 26.8 Å². The second kappa shape index (κ2) is 10.7. The summed E-state index contributed by atoms with van der Waals surface area (Å²) in [5.41, 5.74) is -0.469. The Balaban J connectivity index is 2.44. The number of sulfonamides is 1. The molecule has 0 saturated carbocycles. The molecule has 0 aliphatic carbocycles. The van der Waals surface area contributed by atoms with Gasteiger partial charge in [-0.25, -0.2) is 17.2 Å². The maximum atomic E-state index is 14.4. The minimum absolute atomic E-state index is 0.0279. The molecule has 0 bridgehead atoms. The molecule has 2 rings (SSSR count). The number of carbonyl (C=O) groups excluding carboxylic acids is 2. The van der Waals surface area contributed by atoms with Gasteiger partial charge in [-0.1, -0.05) is 29.8 Å². The number of rotatable bonds is 8. The summed E-state index contributed by atoms with van der Waals surface area (Å²) in [4.78, 5) is 27.3. The zero-order valence-electron chi connectivity index (χ0n) is 19.6. The zero-order chi connectivity index (χ0) is 25.8. The predicted octanol–water partition coefficient (Wildman–Crippen LogP) is 3.72. The molecule has 0 radical (unpaired) electrons. The van der Waals surface area contributed by atoms with Crippen molar-refractivity contribution in [3.63, 3.8) is 0 Å². The van der Waals surface area contributed by atoms with Crippen molar-refractivity contribution in [3.05, 3.63) is 64.7 Å². The molecule has 0 aromatic heterocycles. The molecule has 0 aliphatic heterocycles. The van der Waals surface area contributed by atoms with Crippen molar-refractivity contribution < 1.29 is 26.8 Å². The molecular weight excluding hydrogens is 488 g/mol. The molecule has 7 nitrogen and oxygen atoms in total. The van der Waals surface area contributed by atoms with Crippen LogP contribution >= 0.6 is 11.6 Å². The first-order chi connectivity index (χ1) is 15.6. The predicted molar refractivity (Wildman–Crippen MR) is 128 cm³/mol. The third-order valence-corrected chi connectivity index (χ3v) is 6.26. The summed E-state index contributed by atoms with van der Waals surface area (Å²) < 4.78 is 53.6. The Morgan fingerprint density at radius 1 is 1.09 bits per heavy atom. The van der Waals surface area contributed by atoms with Crippen LogP contribution in [-0.2, 0) is 26.2 Å². The lowest BCUT2D eigenvalue weighted by atomic mass is 10.1. The topological polar surface area (TPSA) is 86.8 Å². The third-order valence-electron chi connectivity index (χ3n) is 4.83. The fraction of sp³-hybridized carbons (Fsp3) is 0.391. The largest absolute Gasteiger partial charge is 0.350 e. The van der Waals surface area contributed by atoms with Crippen molar-refractivity contribution in [2.45, 2.75) is 45.8 Å². The van der Waals surface area contributed by atoms with Crippen LogP contribution in [-0.4, -0.2) is 49.5 Å². The second-order valence-electron chi connectivity index (χ2n) is 8.90. The van der Waals surface area contributed by atoms with E-state index in [2.05, 4.69) is 5.32 Å². The highest BCUT2D eigenvalue weighted by atomic mass is 35.5. The van der Waals surface area contributed by atoms with Crippen molar-refractivity contribution in [2.24, 2.45) is 0 Å². The second-order valence-corrected chi connectivity index (χ2v) is 11.2. The lowest BCUT2D eigenvalue weighted by Gasteiger charge is -2.33. The molecule has 2 amide bonds. The van der Waals surface area contributed by atoms with Gasteiger partial charge in [0.2, 0.25) is 21.8 Å². The minimum atomic E-state index is -4.00. The van der Waals surface area contributed by atoms with Gasteiger partial charge in [-0.05, 0) is 52.0 Å². The SMILES string of the molecule is C[C@@H](C(=O)NC(C)(C)C)N(Cc1ccccc1F)C(=O)CN(c1ccc(F)c(Cl)c1)S(C)(=O)=O. The molecular formula is C23H28ClF2N3O4S. The molecule has 34 heavy (non-hydrogen) atoms. The molecule has 0 aliphatic rings. The van der Waals surface area contributed by atoms with Crippen molar-refractivity contribution in [2.75, 3.05) is 17.1 Å². The van der Waals surface area contributed by atoms with Gasteiger partial charge in [0, 0.05) is 17.6 Å². The van der Waals surface area contributed by atoms with E-state index in [1.165, 1.54) is 31.2 Å². The van der Waals surface area contributed by atoms with Gasteiger partial charge in [0.05, 0.1) is 17.0 Å². The molecule has 0 unspecified atom stereocenters. The Morgan fingerprint density at radius 3 is 2.24 bits per heavy atom. The summed E-state index contributed by atoms with van der Waals surface area (Å²) >= 11 is 5.80. The molecule has 0 saturated heterocycles. The van der Waals surface area contributed by atoms with Gasteiger partial charge >= 0.3 is 0 Å². The highest BCUT2D eigenvalue weighted by Gasteiger charge is 2.32. The smallest absolute Gasteiger partial charge is 0.244 e. The Kier molecular flexibility index (Phi) is 8.65. The molecule has 2 aromatic rings. The molecule has 0 spiro atoms. The van der Waals surface area contributed by atoms with E-state index in [1.54, 1.807) is 26.8 Å². The van der Waals surface area contributed by atoms with E-state index in [1.807, 2.05) is 0 Å².